The van der Waals surface area contributed by atoms with Gasteiger partial charge in [-0.25, -0.2) is 0 Å². The molecular formula is C9H11N3O. The Morgan fingerprint density at radius 2 is 2.00 bits per heavy atom. The van der Waals surface area contributed by atoms with Gasteiger partial charge in [0.05, 0.1) is 6.42 Å². The second-order valence-electron chi connectivity index (χ2n) is 2.62. The lowest BCUT2D eigenvalue weighted by atomic mass is 10.3. The third-order valence-electron chi connectivity index (χ3n) is 1.41. The first kappa shape index (κ1) is 9.25. The van der Waals surface area contributed by atoms with Crippen LogP contribution in [0.4, 0.5) is 5.69 Å². The number of carbonyl (C=O) groups excluding carboxylic acids is 1. The van der Waals surface area contributed by atoms with Gasteiger partial charge in [-0.05, 0) is 12.1 Å². The maximum absolute atomic E-state index is 11.1. The topological polar surface area (TPSA) is 79.0 Å². The van der Waals surface area contributed by atoms with Gasteiger partial charge in [0.25, 0.3) is 0 Å². The summed E-state index contributed by atoms with van der Waals surface area (Å²) in [5.74, 6) is -0.396. The van der Waals surface area contributed by atoms with Crippen LogP contribution in [0.2, 0.25) is 0 Å². The van der Waals surface area contributed by atoms with Gasteiger partial charge in [0.15, 0.2) is 0 Å². The van der Waals surface area contributed by atoms with E-state index in [1.807, 2.05) is 18.2 Å². The molecule has 1 rings (SSSR count). The molecule has 4 nitrogen and oxygen atoms in total. The summed E-state index contributed by atoms with van der Waals surface area (Å²) in [5.41, 5.74) is 5.79. The minimum atomic E-state index is -0.265. The molecule has 0 aliphatic carbocycles. The van der Waals surface area contributed by atoms with E-state index in [0.717, 1.165) is 0 Å². The lowest BCUT2D eigenvalue weighted by molar-refractivity contribution is -0.115. The zero-order chi connectivity index (χ0) is 9.68. The lowest BCUT2D eigenvalue weighted by Crippen LogP contribution is -2.20. The fourth-order valence-corrected chi connectivity index (χ4v) is 0.900. The van der Waals surface area contributed by atoms with Crippen LogP contribution in [-0.2, 0) is 4.79 Å². The molecule has 4 N–H and O–H groups in total. The SMILES string of the molecule is N=C(N)CC(=O)Nc1ccccc1. The van der Waals surface area contributed by atoms with E-state index in [0.29, 0.717) is 5.69 Å². The molecule has 0 saturated heterocycles. The van der Waals surface area contributed by atoms with E-state index in [4.69, 9.17) is 11.1 Å². The molecule has 0 unspecified atom stereocenters. The van der Waals surface area contributed by atoms with Gasteiger partial charge in [-0.15, -0.1) is 0 Å². The molecular weight excluding hydrogens is 166 g/mol. The van der Waals surface area contributed by atoms with E-state index in [-0.39, 0.29) is 18.2 Å². The molecule has 0 atom stereocenters. The molecule has 13 heavy (non-hydrogen) atoms. The van der Waals surface area contributed by atoms with Gasteiger partial charge in [-0.1, -0.05) is 18.2 Å². The highest BCUT2D eigenvalue weighted by Crippen LogP contribution is 2.04. The normalized spacial score (nSPS) is 9.23. The lowest BCUT2D eigenvalue weighted by Gasteiger charge is -2.02. The van der Waals surface area contributed by atoms with Crippen LogP contribution in [0, 0.1) is 5.41 Å². The predicted octanol–water partition coefficient (Wildman–Crippen LogP) is 0.951. The zero-order valence-electron chi connectivity index (χ0n) is 7.08. The van der Waals surface area contributed by atoms with Crippen molar-refractivity contribution in [1.29, 1.82) is 5.41 Å². The monoisotopic (exact) mass is 177 g/mol. The Kier molecular flexibility index (Phi) is 3.03. The number of hydrogen-bond donors (Lipinski definition) is 3. The van der Waals surface area contributed by atoms with Gasteiger partial charge in [-0.2, -0.15) is 0 Å². The van der Waals surface area contributed by atoms with Crippen LogP contribution in [0.5, 0.6) is 0 Å². The second kappa shape index (κ2) is 4.25. The summed E-state index contributed by atoms with van der Waals surface area (Å²) < 4.78 is 0. The van der Waals surface area contributed by atoms with Crippen molar-refractivity contribution in [1.82, 2.24) is 0 Å². The van der Waals surface area contributed by atoms with Crippen LogP contribution >= 0.6 is 0 Å². The summed E-state index contributed by atoms with van der Waals surface area (Å²) in [4.78, 5) is 11.1. The van der Waals surface area contributed by atoms with Crippen LogP contribution < -0.4 is 11.1 Å². The summed E-state index contributed by atoms with van der Waals surface area (Å²) in [7, 11) is 0. The number of amidine groups is 1. The number of anilines is 1. The number of benzene rings is 1. The molecule has 0 aliphatic rings. The minimum absolute atomic E-state index is 0.0606. The van der Waals surface area contributed by atoms with Crippen LogP contribution in [0.25, 0.3) is 0 Å². The molecule has 0 aliphatic heterocycles. The Morgan fingerprint density at radius 1 is 1.38 bits per heavy atom. The Morgan fingerprint density at radius 3 is 2.54 bits per heavy atom. The molecule has 0 heterocycles. The minimum Gasteiger partial charge on any atom is -0.387 e. The third-order valence-corrected chi connectivity index (χ3v) is 1.41. The molecule has 1 amide bonds. The number of nitrogens with one attached hydrogen (secondary N) is 2. The summed E-state index contributed by atoms with van der Waals surface area (Å²) >= 11 is 0. The average Bonchev–Trinajstić information content (AvgIpc) is 2.04. The molecule has 1 aromatic rings. The molecule has 0 saturated carbocycles. The Hall–Kier alpha value is -1.84. The Balaban J connectivity index is 2.50. The summed E-state index contributed by atoms with van der Waals surface area (Å²) in [5, 5.41) is 9.52. The molecule has 0 aromatic heterocycles. The maximum Gasteiger partial charge on any atom is 0.231 e. The maximum atomic E-state index is 11.1. The van der Waals surface area contributed by atoms with Crippen LogP contribution in [-0.4, -0.2) is 11.7 Å². The molecule has 68 valence electrons. The van der Waals surface area contributed by atoms with Gasteiger partial charge >= 0.3 is 0 Å². The zero-order valence-corrected chi connectivity index (χ0v) is 7.08. The number of hydrogen-bond acceptors (Lipinski definition) is 2. The van der Waals surface area contributed by atoms with Crippen molar-refractivity contribution in [2.75, 3.05) is 5.32 Å². The summed E-state index contributed by atoms with van der Waals surface area (Å²) in [6, 6.07) is 9.06. The molecule has 4 heteroatoms. The average molecular weight is 177 g/mol. The van der Waals surface area contributed by atoms with E-state index >= 15 is 0 Å². The highest BCUT2D eigenvalue weighted by atomic mass is 16.1. The van der Waals surface area contributed by atoms with Crippen LogP contribution in [0.1, 0.15) is 6.42 Å². The van der Waals surface area contributed by atoms with E-state index in [1.54, 1.807) is 12.1 Å². The molecule has 0 spiro atoms. The smallest absolute Gasteiger partial charge is 0.231 e. The van der Waals surface area contributed by atoms with Gasteiger partial charge < -0.3 is 11.1 Å². The fourth-order valence-electron chi connectivity index (χ4n) is 0.900. The summed E-state index contributed by atoms with van der Waals surface area (Å²) in [6.07, 6.45) is -0.0606. The van der Waals surface area contributed by atoms with Crippen molar-refractivity contribution in [3.05, 3.63) is 30.3 Å². The number of nitrogens with two attached hydrogens (primary N) is 1. The highest BCUT2D eigenvalue weighted by Gasteiger charge is 2.02. The van der Waals surface area contributed by atoms with Crippen molar-refractivity contribution in [3.8, 4) is 0 Å². The number of rotatable bonds is 3. The van der Waals surface area contributed by atoms with E-state index in [1.165, 1.54) is 0 Å². The summed E-state index contributed by atoms with van der Waals surface area (Å²) in [6.45, 7) is 0. The third kappa shape index (κ3) is 3.37. The van der Waals surface area contributed by atoms with Gasteiger partial charge in [-0.3, -0.25) is 10.2 Å². The van der Waals surface area contributed by atoms with Crippen molar-refractivity contribution in [2.24, 2.45) is 5.73 Å². The molecule has 0 radical (unpaired) electrons. The Bertz CT molecular complexity index is 308. The van der Waals surface area contributed by atoms with E-state index in [9.17, 15) is 4.79 Å². The highest BCUT2D eigenvalue weighted by molar-refractivity contribution is 6.03. The first-order valence-corrected chi connectivity index (χ1v) is 3.86. The van der Waals surface area contributed by atoms with Crippen LogP contribution in [0.15, 0.2) is 30.3 Å². The number of para-hydroxylation sites is 1. The van der Waals surface area contributed by atoms with Crippen molar-refractivity contribution < 1.29 is 4.79 Å². The first-order chi connectivity index (χ1) is 6.18. The van der Waals surface area contributed by atoms with E-state index in [2.05, 4.69) is 5.32 Å². The Labute approximate surface area is 76.3 Å². The first-order valence-electron chi connectivity index (χ1n) is 3.86. The number of carbonyl (C=O) groups is 1. The van der Waals surface area contributed by atoms with Crippen molar-refractivity contribution in [3.63, 3.8) is 0 Å². The van der Waals surface area contributed by atoms with Gasteiger partial charge in [0, 0.05) is 5.69 Å². The second-order valence-corrected chi connectivity index (χ2v) is 2.62. The van der Waals surface area contributed by atoms with Crippen LogP contribution in [0.3, 0.4) is 0 Å². The van der Waals surface area contributed by atoms with Gasteiger partial charge in [0.2, 0.25) is 5.91 Å². The quantitative estimate of drug-likeness (QED) is 0.474. The molecule has 1 aromatic carbocycles. The standard InChI is InChI=1S/C9H11N3O/c10-8(11)6-9(13)12-7-4-2-1-3-5-7/h1-5H,6H2,(H3,10,11)(H,12,13). The van der Waals surface area contributed by atoms with Crippen molar-refractivity contribution in [2.45, 2.75) is 6.42 Å². The fraction of sp³-hybridized carbons (Fsp3) is 0.111. The largest absolute Gasteiger partial charge is 0.387 e. The molecule has 0 bridgehead atoms. The number of amides is 1. The predicted molar refractivity (Wildman–Crippen MR) is 51.6 cm³/mol. The van der Waals surface area contributed by atoms with Gasteiger partial charge in [0.1, 0.15) is 5.84 Å². The van der Waals surface area contributed by atoms with Crippen molar-refractivity contribution >= 4 is 17.4 Å². The van der Waals surface area contributed by atoms with E-state index < -0.39 is 0 Å². The molecule has 0 fully saturated rings.